The maximum Gasteiger partial charge on any atom is 0.283 e. The highest BCUT2D eigenvalue weighted by molar-refractivity contribution is 9.10. The van der Waals surface area contributed by atoms with Crippen LogP contribution in [-0.4, -0.2) is 9.55 Å². The van der Waals surface area contributed by atoms with Crippen LogP contribution in [0.25, 0.3) is 0 Å². The summed E-state index contributed by atoms with van der Waals surface area (Å²) < 4.78 is 2.14. The van der Waals surface area contributed by atoms with Crippen molar-refractivity contribution in [3.63, 3.8) is 0 Å². The Morgan fingerprint density at radius 1 is 1.64 bits per heavy atom. The first kappa shape index (κ1) is 7.03. The summed E-state index contributed by atoms with van der Waals surface area (Å²) >= 11 is 3.10. The first-order chi connectivity index (χ1) is 5.29. The highest BCUT2D eigenvalue weighted by atomic mass is 79.9. The Morgan fingerprint density at radius 3 is 3.00 bits per heavy atom. The second kappa shape index (κ2) is 2.44. The van der Waals surface area contributed by atoms with Crippen LogP contribution in [0.2, 0.25) is 0 Å². The van der Waals surface area contributed by atoms with Crippen molar-refractivity contribution in [3.8, 4) is 0 Å². The van der Waals surface area contributed by atoms with Gasteiger partial charge in [-0.3, -0.25) is 4.79 Å². The predicted octanol–water partition coefficient (Wildman–Crippen LogP) is 1.34. The molecule has 0 aromatic carbocycles. The molecule has 1 heterocycles. The second-order valence-corrected chi connectivity index (χ2v) is 3.41. The fourth-order valence-electron chi connectivity index (χ4n) is 1.04. The number of hydrogen-bond donors (Lipinski definition) is 0. The summed E-state index contributed by atoms with van der Waals surface area (Å²) in [5, 5.41) is 0. The molecule has 4 heteroatoms. The molecule has 0 N–H and O–H groups in total. The van der Waals surface area contributed by atoms with Gasteiger partial charge >= 0.3 is 0 Å². The van der Waals surface area contributed by atoms with Crippen molar-refractivity contribution in [1.29, 1.82) is 0 Å². The normalized spacial score (nSPS) is 16.8. The molecule has 1 fully saturated rings. The lowest BCUT2D eigenvalue weighted by molar-refractivity contribution is 0.693. The van der Waals surface area contributed by atoms with Gasteiger partial charge in [-0.15, -0.1) is 0 Å². The molecule has 0 unspecified atom stereocenters. The van der Waals surface area contributed by atoms with Crippen LogP contribution >= 0.6 is 15.9 Å². The molecule has 3 nitrogen and oxygen atoms in total. The molecular formula is C7H7BrN2O. The zero-order valence-corrected chi connectivity index (χ0v) is 7.41. The van der Waals surface area contributed by atoms with Crippen molar-refractivity contribution >= 4 is 15.9 Å². The molecule has 0 aliphatic heterocycles. The third-order valence-corrected chi connectivity index (χ3v) is 2.31. The van der Waals surface area contributed by atoms with E-state index in [1.165, 1.54) is 0 Å². The summed E-state index contributed by atoms with van der Waals surface area (Å²) in [5.74, 6) is 0. The van der Waals surface area contributed by atoms with Gasteiger partial charge in [0.1, 0.15) is 0 Å². The lowest BCUT2D eigenvalue weighted by atomic mass is 10.6. The van der Waals surface area contributed by atoms with E-state index in [2.05, 4.69) is 20.9 Å². The highest BCUT2D eigenvalue weighted by Crippen LogP contribution is 2.33. The van der Waals surface area contributed by atoms with E-state index >= 15 is 0 Å². The minimum atomic E-state index is -0.0185. The van der Waals surface area contributed by atoms with Crippen LogP contribution in [0.4, 0.5) is 0 Å². The number of rotatable bonds is 1. The van der Waals surface area contributed by atoms with E-state index in [0.29, 0.717) is 10.6 Å². The number of aromatic nitrogens is 2. The topological polar surface area (TPSA) is 34.9 Å². The lowest BCUT2D eigenvalue weighted by Crippen LogP contribution is -2.19. The Hall–Kier alpha value is -0.640. The SMILES string of the molecule is O=c1c(Br)nccn1C1CC1. The molecule has 0 spiro atoms. The van der Waals surface area contributed by atoms with Crippen LogP contribution in [0, 0.1) is 0 Å². The summed E-state index contributed by atoms with van der Waals surface area (Å²) in [7, 11) is 0. The average molecular weight is 215 g/mol. The number of halogens is 1. The van der Waals surface area contributed by atoms with E-state index in [1.807, 2.05) is 0 Å². The van der Waals surface area contributed by atoms with E-state index in [4.69, 9.17) is 0 Å². The minimum Gasteiger partial charge on any atom is -0.309 e. The molecule has 1 saturated carbocycles. The van der Waals surface area contributed by atoms with Crippen LogP contribution in [0.5, 0.6) is 0 Å². The zero-order chi connectivity index (χ0) is 7.84. The molecule has 1 aromatic rings. The van der Waals surface area contributed by atoms with Crippen LogP contribution in [-0.2, 0) is 0 Å². The second-order valence-electron chi connectivity index (χ2n) is 2.66. The van der Waals surface area contributed by atoms with E-state index < -0.39 is 0 Å². The van der Waals surface area contributed by atoms with Gasteiger partial charge in [0.05, 0.1) is 0 Å². The first-order valence-electron chi connectivity index (χ1n) is 3.51. The van der Waals surface area contributed by atoms with Crippen LogP contribution in [0.3, 0.4) is 0 Å². The zero-order valence-electron chi connectivity index (χ0n) is 5.83. The van der Waals surface area contributed by atoms with Crippen molar-refractivity contribution in [3.05, 3.63) is 27.4 Å². The molecule has 0 saturated heterocycles. The van der Waals surface area contributed by atoms with E-state index in [1.54, 1.807) is 17.0 Å². The Balaban J connectivity index is 2.54. The highest BCUT2D eigenvalue weighted by Gasteiger charge is 2.24. The first-order valence-corrected chi connectivity index (χ1v) is 4.31. The van der Waals surface area contributed by atoms with Crippen molar-refractivity contribution in [1.82, 2.24) is 9.55 Å². The van der Waals surface area contributed by atoms with Gasteiger partial charge in [0, 0.05) is 18.4 Å². The van der Waals surface area contributed by atoms with Crippen molar-refractivity contribution in [2.45, 2.75) is 18.9 Å². The standard InChI is InChI=1S/C7H7BrN2O/c8-6-7(11)10(4-3-9-6)5-1-2-5/h3-5H,1-2H2. The van der Waals surface area contributed by atoms with E-state index in [9.17, 15) is 4.79 Å². The monoisotopic (exact) mass is 214 g/mol. The fraction of sp³-hybridized carbons (Fsp3) is 0.429. The molecule has 2 rings (SSSR count). The summed E-state index contributed by atoms with van der Waals surface area (Å²) in [5.41, 5.74) is -0.0185. The van der Waals surface area contributed by atoms with Gasteiger partial charge in [-0.1, -0.05) is 0 Å². The summed E-state index contributed by atoms with van der Waals surface area (Å²) in [6.07, 6.45) is 5.63. The van der Waals surface area contributed by atoms with Gasteiger partial charge in [0.15, 0.2) is 4.60 Å². The van der Waals surface area contributed by atoms with E-state index in [0.717, 1.165) is 12.8 Å². The quantitative estimate of drug-likeness (QED) is 0.708. The number of nitrogens with zero attached hydrogens (tertiary/aromatic N) is 2. The summed E-state index contributed by atoms with van der Waals surface area (Å²) in [6.45, 7) is 0. The van der Waals surface area contributed by atoms with Gasteiger partial charge < -0.3 is 4.57 Å². The smallest absolute Gasteiger partial charge is 0.283 e. The van der Waals surface area contributed by atoms with Gasteiger partial charge in [-0.05, 0) is 28.8 Å². The fourth-order valence-corrected chi connectivity index (χ4v) is 1.36. The molecular weight excluding hydrogens is 208 g/mol. The Labute approximate surface area is 72.2 Å². The number of hydrogen-bond acceptors (Lipinski definition) is 2. The maximum absolute atomic E-state index is 11.3. The third-order valence-electron chi connectivity index (χ3n) is 1.77. The summed E-state index contributed by atoms with van der Waals surface area (Å²) in [6, 6.07) is 0.432. The maximum atomic E-state index is 11.3. The molecule has 0 amide bonds. The van der Waals surface area contributed by atoms with Crippen molar-refractivity contribution in [2.75, 3.05) is 0 Å². The van der Waals surface area contributed by atoms with E-state index in [-0.39, 0.29) is 5.56 Å². The molecule has 0 atom stereocenters. The molecule has 1 aromatic heterocycles. The van der Waals surface area contributed by atoms with Gasteiger partial charge in [0.25, 0.3) is 5.56 Å². The minimum absolute atomic E-state index is 0.0185. The molecule has 58 valence electrons. The van der Waals surface area contributed by atoms with Crippen molar-refractivity contribution in [2.24, 2.45) is 0 Å². The lowest BCUT2D eigenvalue weighted by Gasteiger charge is -2.00. The molecule has 1 aliphatic carbocycles. The van der Waals surface area contributed by atoms with Gasteiger partial charge in [-0.25, -0.2) is 4.98 Å². The Bertz CT molecular complexity index is 329. The molecule has 0 bridgehead atoms. The van der Waals surface area contributed by atoms with Crippen LogP contribution < -0.4 is 5.56 Å². The largest absolute Gasteiger partial charge is 0.309 e. The average Bonchev–Trinajstić information content (AvgIpc) is 2.77. The van der Waals surface area contributed by atoms with Crippen LogP contribution in [0.15, 0.2) is 21.8 Å². The van der Waals surface area contributed by atoms with Gasteiger partial charge in [-0.2, -0.15) is 0 Å². The third kappa shape index (κ3) is 1.22. The van der Waals surface area contributed by atoms with Gasteiger partial charge in [0.2, 0.25) is 0 Å². The molecule has 11 heavy (non-hydrogen) atoms. The summed E-state index contributed by atoms with van der Waals surface area (Å²) in [4.78, 5) is 15.1. The van der Waals surface area contributed by atoms with Crippen molar-refractivity contribution < 1.29 is 0 Å². The Kier molecular flexibility index (Phi) is 1.56. The molecule has 1 aliphatic rings. The predicted molar refractivity (Wildman–Crippen MR) is 44.5 cm³/mol. The molecule has 0 radical (unpaired) electrons. The Morgan fingerprint density at radius 2 is 2.36 bits per heavy atom. The van der Waals surface area contributed by atoms with Crippen LogP contribution in [0.1, 0.15) is 18.9 Å².